The minimum Gasteiger partial charge on any atom is -0.486 e. The number of hydrazine groups is 1. The third kappa shape index (κ3) is 3.00. The van der Waals surface area contributed by atoms with Crippen LogP contribution in [-0.2, 0) is 0 Å². The third-order valence-corrected chi connectivity index (χ3v) is 2.80. The second-order valence-electron chi connectivity index (χ2n) is 3.77. The summed E-state index contributed by atoms with van der Waals surface area (Å²) in [5.41, 5.74) is 3.01. The van der Waals surface area contributed by atoms with Crippen molar-refractivity contribution in [1.29, 1.82) is 0 Å². The maximum Gasteiger partial charge on any atom is 0.180 e. The van der Waals surface area contributed by atoms with Crippen LogP contribution in [0.1, 0.15) is 11.7 Å². The molecule has 1 atom stereocenters. The largest absolute Gasteiger partial charge is 0.486 e. The predicted molar refractivity (Wildman–Crippen MR) is 70.3 cm³/mol. The van der Waals surface area contributed by atoms with E-state index in [-0.39, 0.29) is 11.7 Å². The van der Waals surface area contributed by atoms with Crippen LogP contribution in [0.25, 0.3) is 0 Å². The van der Waals surface area contributed by atoms with Gasteiger partial charge >= 0.3 is 0 Å². The number of rotatable bonds is 3. The summed E-state index contributed by atoms with van der Waals surface area (Å²) in [6.45, 7) is 1.33. The molecule has 5 N–H and O–H groups in total. The lowest BCUT2D eigenvalue weighted by atomic mass is 10.1. The molecule has 1 heterocycles. The molecule has 7 heteroatoms. The summed E-state index contributed by atoms with van der Waals surface area (Å²) in [5, 5.41) is 13.0. The monoisotopic (exact) mass is 269 g/mol. The quantitative estimate of drug-likeness (QED) is 0.344. The van der Waals surface area contributed by atoms with Crippen LogP contribution < -0.4 is 26.1 Å². The van der Waals surface area contributed by atoms with Gasteiger partial charge in [0.15, 0.2) is 16.6 Å². The minimum absolute atomic E-state index is 0.267. The summed E-state index contributed by atoms with van der Waals surface area (Å²) in [4.78, 5) is 0. The van der Waals surface area contributed by atoms with E-state index in [9.17, 15) is 5.11 Å². The van der Waals surface area contributed by atoms with Crippen LogP contribution in [0.4, 0.5) is 0 Å². The van der Waals surface area contributed by atoms with Crippen LogP contribution in [-0.4, -0.2) is 30.0 Å². The van der Waals surface area contributed by atoms with E-state index in [0.717, 1.165) is 5.56 Å². The van der Waals surface area contributed by atoms with Crippen LogP contribution in [0.2, 0.25) is 0 Å². The predicted octanol–water partition coefficient (Wildman–Crippen LogP) is -0.171. The molecule has 2 rings (SSSR count). The second kappa shape index (κ2) is 5.85. The number of thiocarbonyl (C=S) groups is 1. The number of nitrogens with one attached hydrogen (secondary N) is 2. The van der Waals surface area contributed by atoms with Crippen LogP contribution in [0.3, 0.4) is 0 Å². The number of aliphatic hydroxyl groups is 1. The van der Waals surface area contributed by atoms with E-state index < -0.39 is 6.10 Å². The van der Waals surface area contributed by atoms with Gasteiger partial charge in [-0.15, -0.1) is 0 Å². The molecule has 18 heavy (non-hydrogen) atoms. The summed E-state index contributed by atoms with van der Waals surface area (Å²) in [5.74, 6) is 6.46. The summed E-state index contributed by atoms with van der Waals surface area (Å²) >= 11 is 4.82. The van der Waals surface area contributed by atoms with Crippen LogP contribution in [0.15, 0.2) is 18.2 Å². The fourth-order valence-electron chi connectivity index (χ4n) is 1.63. The number of hydrogen-bond donors (Lipinski definition) is 4. The molecule has 0 amide bonds. The van der Waals surface area contributed by atoms with Crippen LogP contribution >= 0.6 is 12.2 Å². The van der Waals surface area contributed by atoms with Gasteiger partial charge in [0.1, 0.15) is 13.2 Å². The van der Waals surface area contributed by atoms with Crippen molar-refractivity contribution in [3.8, 4) is 11.5 Å². The van der Waals surface area contributed by atoms with E-state index in [2.05, 4.69) is 10.7 Å². The Kier molecular flexibility index (Phi) is 4.19. The first-order valence-electron chi connectivity index (χ1n) is 5.53. The lowest BCUT2D eigenvalue weighted by Crippen LogP contribution is -2.41. The number of aliphatic hydroxyl groups excluding tert-OH is 1. The number of hydrogen-bond acceptors (Lipinski definition) is 5. The maximum atomic E-state index is 9.98. The Balaban J connectivity index is 2.01. The van der Waals surface area contributed by atoms with E-state index in [1.54, 1.807) is 18.2 Å². The normalized spacial score (nSPS) is 14.8. The molecule has 0 fully saturated rings. The number of fused-ring (bicyclic) bond motifs is 1. The van der Waals surface area contributed by atoms with Gasteiger partial charge in [0.25, 0.3) is 0 Å². The summed E-state index contributed by atoms with van der Waals surface area (Å²) in [6, 6.07) is 5.34. The van der Waals surface area contributed by atoms with Crippen LogP contribution in [0, 0.1) is 0 Å². The molecule has 0 bridgehead atoms. The van der Waals surface area contributed by atoms with Gasteiger partial charge in [-0.3, -0.25) is 0 Å². The van der Waals surface area contributed by atoms with Gasteiger partial charge in [-0.2, -0.15) is 0 Å². The second-order valence-corrected chi connectivity index (χ2v) is 4.18. The molecule has 0 saturated carbocycles. The Labute approximate surface area is 110 Å². The van der Waals surface area contributed by atoms with Crippen molar-refractivity contribution in [2.45, 2.75) is 6.10 Å². The van der Waals surface area contributed by atoms with Gasteiger partial charge in [0.2, 0.25) is 0 Å². The highest BCUT2D eigenvalue weighted by atomic mass is 32.1. The summed E-state index contributed by atoms with van der Waals surface area (Å²) < 4.78 is 10.9. The topological polar surface area (TPSA) is 88.8 Å². The molecule has 98 valence electrons. The first-order chi connectivity index (χ1) is 8.70. The minimum atomic E-state index is -0.702. The highest BCUT2D eigenvalue weighted by Gasteiger charge is 2.15. The standard InChI is InChI=1S/C11H15N3O3S/c12-14-11(18)13-6-8(15)7-1-2-9-10(5-7)17-4-3-16-9/h1-2,5,8,15H,3-4,6,12H2,(H2,13,14,18). The van der Waals surface area contributed by atoms with Gasteiger partial charge in [-0.25, -0.2) is 5.84 Å². The van der Waals surface area contributed by atoms with E-state index >= 15 is 0 Å². The molecular formula is C11H15N3O3S. The Morgan fingerprint density at radius 3 is 2.83 bits per heavy atom. The number of nitrogens with two attached hydrogens (primary N) is 1. The van der Waals surface area contributed by atoms with E-state index in [4.69, 9.17) is 27.5 Å². The van der Waals surface area contributed by atoms with Crippen molar-refractivity contribution in [3.63, 3.8) is 0 Å². The third-order valence-electron chi connectivity index (χ3n) is 2.54. The van der Waals surface area contributed by atoms with Crippen molar-refractivity contribution < 1.29 is 14.6 Å². The van der Waals surface area contributed by atoms with E-state index in [0.29, 0.717) is 24.7 Å². The SMILES string of the molecule is NNC(=S)NCC(O)c1ccc2c(c1)OCCO2. The van der Waals surface area contributed by atoms with Crippen molar-refractivity contribution in [2.24, 2.45) is 5.84 Å². The Bertz CT molecular complexity index is 442. The Morgan fingerprint density at radius 2 is 2.11 bits per heavy atom. The molecule has 1 aromatic rings. The molecular weight excluding hydrogens is 254 g/mol. The lowest BCUT2D eigenvalue weighted by molar-refractivity contribution is 0.165. The fraction of sp³-hybridized carbons (Fsp3) is 0.364. The van der Waals surface area contributed by atoms with Crippen molar-refractivity contribution in [3.05, 3.63) is 23.8 Å². The molecule has 1 aliphatic rings. The van der Waals surface area contributed by atoms with Gasteiger partial charge in [-0.05, 0) is 29.9 Å². The molecule has 0 aliphatic carbocycles. The zero-order valence-electron chi connectivity index (χ0n) is 9.68. The summed E-state index contributed by atoms with van der Waals surface area (Å²) in [7, 11) is 0. The van der Waals surface area contributed by atoms with Gasteiger partial charge in [-0.1, -0.05) is 6.07 Å². The maximum absolute atomic E-state index is 9.98. The molecule has 1 unspecified atom stereocenters. The summed E-state index contributed by atoms with van der Waals surface area (Å²) in [6.07, 6.45) is -0.702. The van der Waals surface area contributed by atoms with Crippen LogP contribution in [0.5, 0.6) is 11.5 Å². The van der Waals surface area contributed by atoms with Crippen molar-refractivity contribution in [2.75, 3.05) is 19.8 Å². The van der Waals surface area contributed by atoms with E-state index in [1.807, 2.05) is 0 Å². The fourth-order valence-corrected chi connectivity index (χ4v) is 1.71. The van der Waals surface area contributed by atoms with Crippen molar-refractivity contribution in [1.82, 2.24) is 10.7 Å². The highest BCUT2D eigenvalue weighted by molar-refractivity contribution is 7.80. The van der Waals surface area contributed by atoms with Crippen molar-refractivity contribution >= 4 is 17.3 Å². The number of ether oxygens (including phenoxy) is 2. The molecule has 0 spiro atoms. The molecule has 0 aromatic heterocycles. The molecule has 1 aromatic carbocycles. The zero-order chi connectivity index (χ0) is 13.0. The van der Waals surface area contributed by atoms with Gasteiger partial charge in [0, 0.05) is 6.54 Å². The smallest absolute Gasteiger partial charge is 0.180 e. The Morgan fingerprint density at radius 1 is 1.39 bits per heavy atom. The highest BCUT2D eigenvalue weighted by Crippen LogP contribution is 2.32. The van der Waals surface area contributed by atoms with Gasteiger partial charge in [0.05, 0.1) is 6.10 Å². The first-order valence-corrected chi connectivity index (χ1v) is 5.93. The average Bonchev–Trinajstić information content (AvgIpc) is 2.43. The molecule has 0 saturated heterocycles. The number of benzene rings is 1. The first kappa shape index (κ1) is 12.9. The molecule has 1 aliphatic heterocycles. The Hall–Kier alpha value is -1.57. The van der Waals surface area contributed by atoms with Gasteiger partial charge < -0.3 is 25.3 Å². The van der Waals surface area contributed by atoms with E-state index in [1.165, 1.54) is 0 Å². The lowest BCUT2D eigenvalue weighted by Gasteiger charge is -2.20. The average molecular weight is 269 g/mol. The molecule has 6 nitrogen and oxygen atoms in total. The zero-order valence-corrected chi connectivity index (χ0v) is 10.5. The molecule has 0 radical (unpaired) electrons.